The van der Waals surface area contributed by atoms with Crippen molar-refractivity contribution in [3.63, 3.8) is 0 Å². The number of rotatable bonds is 4. The lowest BCUT2D eigenvalue weighted by molar-refractivity contribution is 0.317. The Kier molecular flexibility index (Phi) is 3.84. The van der Waals surface area contributed by atoms with Crippen molar-refractivity contribution in [3.8, 4) is 5.75 Å². The maximum atomic E-state index is 5.16. The van der Waals surface area contributed by atoms with Crippen LogP contribution < -0.4 is 4.74 Å². The van der Waals surface area contributed by atoms with Crippen molar-refractivity contribution in [1.29, 1.82) is 0 Å². The van der Waals surface area contributed by atoms with Crippen molar-refractivity contribution >= 4 is 6.08 Å². The molecule has 2 nitrogen and oxygen atoms in total. The molecule has 0 unspecified atom stereocenters. The number of fused-ring (bicyclic) bond motifs is 1. The first-order valence-corrected chi connectivity index (χ1v) is 6.95. The predicted octanol–water partition coefficient (Wildman–Crippen LogP) is 3.72. The summed E-state index contributed by atoms with van der Waals surface area (Å²) < 4.78 is 5.16. The molecule has 2 aromatic rings. The zero-order valence-electron chi connectivity index (χ0n) is 11.8. The molecule has 3 rings (SSSR count). The molecule has 0 saturated heterocycles. The zero-order valence-corrected chi connectivity index (χ0v) is 11.8. The molecular weight excluding hydrogens is 246 g/mol. The van der Waals surface area contributed by atoms with Crippen LogP contribution >= 0.6 is 0 Å². The lowest BCUT2D eigenvalue weighted by Crippen LogP contribution is -2.15. The van der Waals surface area contributed by atoms with E-state index in [1.54, 1.807) is 7.11 Å². The van der Waals surface area contributed by atoms with Gasteiger partial charge in [0.25, 0.3) is 0 Å². The molecule has 0 amide bonds. The van der Waals surface area contributed by atoms with E-state index in [0.717, 1.165) is 25.4 Å². The van der Waals surface area contributed by atoms with Crippen molar-refractivity contribution in [2.24, 2.45) is 0 Å². The molecule has 2 aromatic carbocycles. The molecule has 0 saturated carbocycles. The first-order valence-electron chi connectivity index (χ1n) is 6.95. The number of hydrogen-bond donors (Lipinski definition) is 0. The van der Waals surface area contributed by atoms with Gasteiger partial charge in [0, 0.05) is 19.6 Å². The molecule has 0 radical (unpaired) electrons. The van der Waals surface area contributed by atoms with E-state index in [1.165, 1.54) is 16.7 Å². The Labute approximate surface area is 120 Å². The molecule has 102 valence electrons. The van der Waals surface area contributed by atoms with Gasteiger partial charge in [-0.15, -0.1) is 0 Å². The van der Waals surface area contributed by atoms with Gasteiger partial charge < -0.3 is 4.74 Å². The van der Waals surface area contributed by atoms with Crippen LogP contribution in [0.15, 0.2) is 54.6 Å². The van der Waals surface area contributed by atoms with E-state index < -0.39 is 0 Å². The van der Waals surface area contributed by atoms with Gasteiger partial charge in [-0.05, 0) is 28.8 Å². The van der Waals surface area contributed by atoms with Gasteiger partial charge in [0.2, 0.25) is 0 Å². The molecule has 0 atom stereocenters. The van der Waals surface area contributed by atoms with Crippen molar-refractivity contribution in [3.05, 3.63) is 71.3 Å². The smallest absolute Gasteiger partial charge is 0.118 e. The van der Waals surface area contributed by atoms with Gasteiger partial charge in [0.1, 0.15) is 5.75 Å². The minimum atomic E-state index is 0.900. The lowest BCUT2D eigenvalue weighted by Gasteiger charge is -2.11. The topological polar surface area (TPSA) is 12.5 Å². The Balaban J connectivity index is 1.56. The Bertz CT molecular complexity index is 576. The summed E-state index contributed by atoms with van der Waals surface area (Å²) in [6.45, 7) is 3.10. The minimum Gasteiger partial charge on any atom is -0.497 e. The summed E-state index contributed by atoms with van der Waals surface area (Å²) in [5.41, 5.74) is 4.14. The molecule has 0 N–H and O–H groups in total. The fraction of sp³-hybridized carbons (Fsp3) is 0.222. The highest BCUT2D eigenvalue weighted by Gasteiger charge is 2.16. The molecule has 2 heteroatoms. The summed E-state index contributed by atoms with van der Waals surface area (Å²) in [7, 11) is 1.69. The van der Waals surface area contributed by atoms with E-state index >= 15 is 0 Å². The molecule has 0 spiro atoms. The minimum absolute atomic E-state index is 0.900. The van der Waals surface area contributed by atoms with Gasteiger partial charge in [0.05, 0.1) is 7.11 Å². The molecule has 1 heterocycles. The Morgan fingerprint density at radius 2 is 1.65 bits per heavy atom. The lowest BCUT2D eigenvalue weighted by atomic mass is 10.1. The van der Waals surface area contributed by atoms with Crippen LogP contribution in [0.5, 0.6) is 5.75 Å². The summed E-state index contributed by atoms with van der Waals surface area (Å²) in [5, 5.41) is 0. The molecule has 20 heavy (non-hydrogen) atoms. The molecule has 1 aliphatic rings. The summed E-state index contributed by atoms with van der Waals surface area (Å²) in [4.78, 5) is 2.45. The van der Waals surface area contributed by atoms with Gasteiger partial charge >= 0.3 is 0 Å². The predicted molar refractivity (Wildman–Crippen MR) is 82.6 cm³/mol. The average Bonchev–Trinajstić information content (AvgIpc) is 2.90. The van der Waals surface area contributed by atoms with Crippen molar-refractivity contribution in [2.75, 3.05) is 13.7 Å². The Hall–Kier alpha value is -2.06. The maximum Gasteiger partial charge on any atom is 0.118 e. The molecular formula is C18H19NO. The monoisotopic (exact) mass is 265 g/mol. The summed E-state index contributed by atoms with van der Waals surface area (Å²) >= 11 is 0. The van der Waals surface area contributed by atoms with E-state index in [0.29, 0.717) is 0 Å². The van der Waals surface area contributed by atoms with E-state index in [1.807, 2.05) is 12.1 Å². The van der Waals surface area contributed by atoms with Crippen LogP contribution in [0.4, 0.5) is 0 Å². The number of ether oxygens (including phenoxy) is 1. The van der Waals surface area contributed by atoms with Crippen LogP contribution in [0.1, 0.15) is 16.7 Å². The van der Waals surface area contributed by atoms with Crippen LogP contribution in [0.25, 0.3) is 6.08 Å². The van der Waals surface area contributed by atoms with E-state index in [2.05, 4.69) is 53.5 Å². The second-order valence-electron chi connectivity index (χ2n) is 5.11. The number of methoxy groups -OCH3 is 1. The second kappa shape index (κ2) is 5.93. The number of hydrogen-bond acceptors (Lipinski definition) is 2. The molecule has 1 aliphatic heterocycles. The standard InChI is InChI=1S/C18H19NO/c1-20-18-10-8-15(9-11-18)5-4-12-19-13-16-6-2-3-7-17(16)14-19/h2-11H,12-14H2,1H3/b5-4+. The summed E-state index contributed by atoms with van der Waals surface area (Å²) in [6.07, 6.45) is 4.40. The summed E-state index contributed by atoms with van der Waals surface area (Å²) in [6, 6.07) is 16.8. The van der Waals surface area contributed by atoms with Gasteiger partial charge in [-0.1, -0.05) is 48.6 Å². The van der Waals surface area contributed by atoms with Gasteiger partial charge in [-0.2, -0.15) is 0 Å². The molecule has 0 fully saturated rings. The molecule has 0 bridgehead atoms. The average molecular weight is 265 g/mol. The van der Waals surface area contributed by atoms with Crippen LogP contribution in [0.2, 0.25) is 0 Å². The highest BCUT2D eigenvalue weighted by Crippen LogP contribution is 2.21. The highest BCUT2D eigenvalue weighted by atomic mass is 16.5. The van der Waals surface area contributed by atoms with Crippen LogP contribution in [0.3, 0.4) is 0 Å². The van der Waals surface area contributed by atoms with Gasteiger partial charge in [-0.3, -0.25) is 4.90 Å². The van der Waals surface area contributed by atoms with Crippen LogP contribution in [-0.2, 0) is 13.1 Å². The van der Waals surface area contributed by atoms with Gasteiger partial charge in [-0.25, -0.2) is 0 Å². The quantitative estimate of drug-likeness (QED) is 0.835. The Morgan fingerprint density at radius 1 is 1.00 bits per heavy atom. The largest absolute Gasteiger partial charge is 0.497 e. The van der Waals surface area contributed by atoms with E-state index in [4.69, 9.17) is 4.74 Å². The first-order chi connectivity index (χ1) is 9.85. The SMILES string of the molecule is COc1ccc(/C=C/CN2Cc3ccccc3C2)cc1. The number of nitrogens with zero attached hydrogens (tertiary/aromatic N) is 1. The van der Waals surface area contributed by atoms with Gasteiger partial charge in [0.15, 0.2) is 0 Å². The van der Waals surface area contributed by atoms with Crippen LogP contribution in [0, 0.1) is 0 Å². The third kappa shape index (κ3) is 2.91. The second-order valence-corrected chi connectivity index (χ2v) is 5.11. The van der Waals surface area contributed by atoms with E-state index in [9.17, 15) is 0 Å². The normalized spacial score (nSPS) is 14.7. The third-order valence-corrected chi connectivity index (χ3v) is 3.70. The fourth-order valence-electron chi connectivity index (χ4n) is 2.59. The van der Waals surface area contributed by atoms with Crippen molar-refractivity contribution in [2.45, 2.75) is 13.1 Å². The van der Waals surface area contributed by atoms with Crippen molar-refractivity contribution < 1.29 is 4.74 Å². The maximum absolute atomic E-state index is 5.16. The van der Waals surface area contributed by atoms with Crippen molar-refractivity contribution in [1.82, 2.24) is 4.90 Å². The number of benzene rings is 2. The Morgan fingerprint density at radius 3 is 2.25 bits per heavy atom. The third-order valence-electron chi connectivity index (χ3n) is 3.70. The highest BCUT2D eigenvalue weighted by molar-refractivity contribution is 5.50. The fourth-order valence-corrected chi connectivity index (χ4v) is 2.59. The van der Waals surface area contributed by atoms with Crippen LogP contribution in [-0.4, -0.2) is 18.6 Å². The van der Waals surface area contributed by atoms with E-state index in [-0.39, 0.29) is 0 Å². The zero-order chi connectivity index (χ0) is 13.8. The molecule has 0 aromatic heterocycles. The molecule has 0 aliphatic carbocycles. The first kappa shape index (κ1) is 12.9. The summed E-state index contributed by atoms with van der Waals surface area (Å²) in [5.74, 6) is 0.900.